The molecule has 0 spiro atoms. The molecule has 0 saturated carbocycles. The van der Waals surface area contributed by atoms with E-state index in [1.165, 1.54) is 0 Å². The van der Waals surface area contributed by atoms with Crippen LogP contribution in [0.2, 0.25) is 0 Å². The summed E-state index contributed by atoms with van der Waals surface area (Å²) in [6.45, 7) is 4.77. The number of morpholine rings is 1. The Hall–Kier alpha value is -1.72. The third-order valence-corrected chi connectivity index (χ3v) is 4.74. The molecule has 0 radical (unpaired) electrons. The Morgan fingerprint density at radius 3 is 2.30 bits per heavy atom. The average Bonchev–Trinajstić information content (AvgIpc) is 2.63. The first-order valence-corrected chi connectivity index (χ1v) is 8.41. The van der Waals surface area contributed by atoms with Crippen LogP contribution < -0.4 is 0 Å². The number of amides is 1. The van der Waals surface area contributed by atoms with Crippen LogP contribution in [-0.2, 0) is 9.53 Å². The van der Waals surface area contributed by atoms with E-state index >= 15 is 0 Å². The van der Waals surface area contributed by atoms with E-state index in [4.69, 9.17) is 4.74 Å². The summed E-state index contributed by atoms with van der Waals surface area (Å²) in [6, 6.07) is 9.51. The number of benzene rings is 1. The van der Waals surface area contributed by atoms with Gasteiger partial charge in [0.15, 0.2) is 5.78 Å². The molecule has 0 aliphatic carbocycles. The molecular formula is C18H24N2O3. The van der Waals surface area contributed by atoms with Crippen molar-refractivity contribution in [1.29, 1.82) is 0 Å². The van der Waals surface area contributed by atoms with Gasteiger partial charge < -0.3 is 9.64 Å². The van der Waals surface area contributed by atoms with E-state index in [1.54, 1.807) is 0 Å². The normalized spacial score (nSPS) is 20.4. The van der Waals surface area contributed by atoms with Gasteiger partial charge in [-0.1, -0.05) is 30.3 Å². The zero-order chi connectivity index (χ0) is 16.1. The highest BCUT2D eigenvalue weighted by Crippen LogP contribution is 2.21. The fourth-order valence-electron chi connectivity index (χ4n) is 3.30. The molecule has 2 aliphatic rings. The first-order chi connectivity index (χ1) is 11.2. The monoisotopic (exact) mass is 316 g/mol. The van der Waals surface area contributed by atoms with Crippen LogP contribution in [0.5, 0.6) is 0 Å². The minimum absolute atomic E-state index is 0.0899. The van der Waals surface area contributed by atoms with Crippen LogP contribution in [0.15, 0.2) is 30.3 Å². The number of ketones is 1. The van der Waals surface area contributed by atoms with Crippen molar-refractivity contribution in [3.63, 3.8) is 0 Å². The molecule has 1 amide bonds. The Bertz CT molecular complexity index is 532. The van der Waals surface area contributed by atoms with Crippen molar-refractivity contribution >= 4 is 11.7 Å². The molecule has 2 heterocycles. The number of likely N-dealkylation sites (tertiary alicyclic amines) is 1. The van der Waals surface area contributed by atoms with Crippen molar-refractivity contribution in [3.8, 4) is 0 Å². The molecule has 23 heavy (non-hydrogen) atoms. The maximum Gasteiger partial charge on any atom is 0.236 e. The van der Waals surface area contributed by atoms with E-state index in [9.17, 15) is 9.59 Å². The van der Waals surface area contributed by atoms with E-state index in [-0.39, 0.29) is 17.6 Å². The summed E-state index contributed by atoms with van der Waals surface area (Å²) in [6.07, 6.45) is 1.67. The van der Waals surface area contributed by atoms with Crippen LogP contribution in [0.3, 0.4) is 0 Å². The molecule has 0 unspecified atom stereocenters. The number of piperidine rings is 1. The van der Waals surface area contributed by atoms with Crippen molar-refractivity contribution < 1.29 is 14.3 Å². The highest BCUT2D eigenvalue weighted by molar-refractivity contribution is 5.97. The van der Waals surface area contributed by atoms with Gasteiger partial charge in [0.25, 0.3) is 0 Å². The Labute approximate surface area is 137 Å². The predicted molar refractivity (Wildman–Crippen MR) is 87.3 cm³/mol. The van der Waals surface area contributed by atoms with Gasteiger partial charge in [-0.15, -0.1) is 0 Å². The predicted octanol–water partition coefficient (Wildman–Crippen LogP) is 1.44. The van der Waals surface area contributed by atoms with Crippen molar-refractivity contribution in [2.45, 2.75) is 12.8 Å². The minimum Gasteiger partial charge on any atom is -0.378 e. The Kier molecular flexibility index (Phi) is 5.41. The van der Waals surface area contributed by atoms with E-state index in [0.29, 0.717) is 32.8 Å². The molecule has 1 aromatic carbocycles. The SMILES string of the molecule is O=C(c1ccccc1)C1CCN(CC(=O)N2CCOCC2)CC1. The molecular weight excluding hydrogens is 292 g/mol. The fourth-order valence-corrected chi connectivity index (χ4v) is 3.30. The van der Waals surface area contributed by atoms with Gasteiger partial charge in [0.05, 0.1) is 19.8 Å². The maximum absolute atomic E-state index is 12.5. The summed E-state index contributed by atoms with van der Waals surface area (Å²) in [5.74, 6) is 0.512. The van der Waals surface area contributed by atoms with E-state index in [0.717, 1.165) is 31.5 Å². The lowest BCUT2D eigenvalue weighted by molar-refractivity contribution is -0.136. The molecule has 0 N–H and O–H groups in total. The van der Waals surface area contributed by atoms with Crippen LogP contribution in [0.4, 0.5) is 0 Å². The molecule has 1 aromatic rings. The van der Waals surface area contributed by atoms with E-state index in [1.807, 2.05) is 35.2 Å². The van der Waals surface area contributed by atoms with Crippen LogP contribution in [0.25, 0.3) is 0 Å². The Balaban J connectivity index is 1.46. The summed E-state index contributed by atoms with van der Waals surface area (Å²) >= 11 is 0. The van der Waals surface area contributed by atoms with Gasteiger partial charge in [0, 0.05) is 24.6 Å². The molecule has 2 aliphatic heterocycles. The molecule has 2 fully saturated rings. The summed E-state index contributed by atoms with van der Waals surface area (Å²) in [5, 5.41) is 0. The standard InChI is InChI=1S/C18H24N2O3/c21-17(20-10-12-23-13-11-20)14-19-8-6-16(7-9-19)18(22)15-4-2-1-3-5-15/h1-5,16H,6-14H2. The van der Waals surface area contributed by atoms with E-state index in [2.05, 4.69) is 4.90 Å². The van der Waals surface area contributed by atoms with Gasteiger partial charge >= 0.3 is 0 Å². The van der Waals surface area contributed by atoms with Crippen LogP contribution >= 0.6 is 0 Å². The quantitative estimate of drug-likeness (QED) is 0.789. The number of carbonyl (C=O) groups excluding carboxylic acids is 2. The third kappa shape index (κ3) is 4.18. The molecule has 5 nitrogen and oxygen atoms in total. The second-order valence-electron chi connectivity index (χ2n) is 6.27. The highest BCUT2D eigenvalue weighted by Gasteiger charge is 2.27. The first-order valence-electron chi connectivity index (χ1n) is 8.41. The number of rotatable bonds is 4. The van der Waals surface area contributed by atoms with Crippen molar-refractivity contribution in [3.05, 3.63) is 35.9 Å². The molecule has 124 valence electrons. The second-order valence-corrected chi connectivity index (χ2v) is 6.27. The fraction of sp³-hybridized carbons (Fsp3) is 0.556. The molecule has 0 aromatic heterocycles. The van der Waals surface area contributed by atoms with Crippen molar-refractivity contribution in [2.75, 3.05) is 45.9 Å². The number of ether oxygens (including phenoxy) is 1. The van der Waals surface area contributed by atoms with Crippen LogP contribution in [0, 0.1) is 5.92 Å². The lowest BCUT2D eigenvalue weighted by Gasteiger charge is -2.33. The number of hydrogen-bond acceptors (Lipinski definition) is 4. The van der Waals surface area contributed by atoms with Gasteiger partial charge in [-0.2, -0.15) is 0 Å². The largest absolute Gasteiger partial charge is 0.378 e. The smallest absolute Gasteiger partial charge is 0.236 e. The summed E-state index contributed by atoms with van der Waals surface area (Å²) in [7, 11) is 0. The lowest BCUT2D eigenvalue weighted by atomic mass is 9.89. The van der Waals surface area contributed by atoms with Crippen molar-refractivity contribution in [2.24, 2.45) is 5.92 Å². The van der Waals surface area contributed by atoms with Gasteiger partial charge in [-0.05, 0) is 25.9 Å². The van der Waals surface area contributed by atoms with Crippen LogP contribution in [-0.4, -0.2) is 67.4 Å². The van der Waals surface area contributed by atoms with Gasteiger partial charge in [0.1, 0.15) is 0 Å². The van der Waals surface area contributed by atoms with Gasteiger partial charge in [0.2, 0.25) is 5.91 Å². The Morgan fingerprint density at radius 1 is 1.00 bits per heavy atom. The molecule has 0 atom stereocenters. The second kappa shape index (κ2) is 7.70. The summed E-state index contributed by atoms with van der Waals surface area (Å²) < 4.78 is 5.28. The average molecular weight is 316 g/mol. The first kappa shape index (κ1) is 16.1. The zero-order valence-corrected chi connectivity index (χ0v) is 13.4. The molecule has 5 heteroatoms. The summed E-state index contributed by atoms with van der Waals surface area (Å²) in [4.78, 5) is 28.8. The Morgan fingerprint density at radius 2 is 1.65 bits per heavy atom. The van der Waals surface area contributed by atoms with Crippen molar-refractivity contribution in [1.82, 2.24) is 9.80 Å². The maximum atomic E-state index is 12.5. The van der Waals surface area contributed by atoms with Gasteiger partial charge in [-0.3, -0.25) is 14.5 Å². The molecule has 0 bridgehead atoms. The van der Waals surface area contributed by atoms with Gasteiger partial charge in [-0.25, -0.2) is 0 Å². The zero-order valence-electron chi connectivity index (χ0n) is 13.4. The number of carbonyl (C=O) groups is 2. The number of Topliss-reactive ketones (excluding diaryl/α,β-unsaturated/α-hetero) is 1. The minimum atomic E-state index is 0.0899. The number of hydrogen-bond donors (Lipinski definition) is 0. The highest BCUT2D eigenvalue weighted by atomic mass is 16.5. The van der Waals surface area contributed by atoms with Crippen LogP contribution in [0.1, 0.15) is 23.2 Å². The molecule has 3 rings (SSSR count). The lowest BCUT2D eigenvalue weighted by Crippen LogP contribution is -2.47. The topological polar surface area (TPSA) is 49.9 Å². The third-order valence-electron chi connectivity index (χ3n) is 4.74. The molecule has 2 saturated heterocycles. The summed E-state index contributed by atoms with van der Waals surface area (Å²) in [5.41, 5.74) is 0.801. The number of nitrogens with zero attached hydrogens (tertiary/aromatic N) is 2. The van der Waals surface area contributed by atoms with E-state index < -0.39 is 0 Å².